The van der Waals surface area contributed by atoms with Crippen molar-refractivity contribution in [3.8, 4) is 5.75 Å². The molecule has 0 atom stereocenters. The summed E-state index contributed by atoms with van der Waals surface area (Å²) in [6.45, 7) is 0. The van der Waals surface area contributed by atoms with Crippen LogP contribution in [0, 0.1) is 0 Å². The van der Waals surface area contributed by atoms with E-state index in [0.717, 1.165) is 10.2 Å². The fourth-order valence-electron chi connectivity index (χ4n) is 1.91. The van der Waals surface area contributed by atoms with Crippen LogP contribution in [0.2, 0.25) is 0 Å². The van der Waals surface area contributed by atoms with E-state index >= 15 is 0 Å². The highest BCUT2D eigenvalue weighted by molar-refractivity contribution is 9.10. The Kier molecular flexibility index (Phi) is 3.58. The number of rotatable bonds is 2. The third-order valence-corrected chi connectivity index (χ3v) is 3.50. The van der Waals surface area contributed by atoms with E-state index in [0.29, 0.717) is 10.9 Å². The highest BCUT2D eigenvalue weighted by Crippen LogP contribution is 2.27. The van der Waals surface area contributed by atoms with Gasteiger partial charge < -0.3 is 9.52 Å². The zero-order chi connectivity index (χ0) is 14.8. The lowest BCUT2D eigenvalue weighted by molar-refractivity contribution is 0.456. The first kappa shape index (κ1) is 13.6. The summed E-state index contributed by atoms with van der Waals surface area (Å²) in [5, 5.41) is 10.8. The van der Waals surface area contributed by atoms with Gasteiger partial charge in [0.05, 0.1) is 5.69 Å². The molecule has 0 saturated heterocycles. The van der Waals surface area contributed by atoms with Gasteiger partial charge in [0, 0.05) is 27.7 Å². The van der Waals surface area contributed by atoms with Crippen LogP contribution in [0.4, 0.5) is 5.69 Å². The molecule has 0 aliphatic rings. The molecule has 0 aliphatic heterocycles. The van der Waals surface area contributed by atoms with Crippen LogP contribution in [0.25, 0.3) is 11.0 Å². The molecular weight excluding hydrogens is 334 g/mol. The first-order chi connectivity index (χ1) is 10.1. The minimum atomic E-state index is -0.500. The Hall–Kier alpha value is -2.40. The van der Waals surface area contributed by atoms with Crippen LogP contribution in [0.15, 0.2) is 67.2 Å². The molecule has 21 heavy (non-hydrogen) atoms. The number of phenolic OH excluding ortho intramolecular Hbond substituents is 1. The molecule has 5 heteroatoms. The summed E-state index contributed by atoms with van der Waals surface area (Å²) in [7, 11) is 0. The van der Waals surface area contributed by atoms with Crippen LogP contribution in [0.3, 0.4) is 0 Å². The van der Waals surface area contributed by atoms with E-state index in [9.17, 15) is 9.90 Å². The molecule has 3 rings (SSSR count). The molecule has 4 nitrogen and oxygen atoms in total. The molecule has 0 amide bonds. The van der Waals surface area contributed by atoms with E-state index in [-0.39, 0.29) is 11.3 Å². The van der Waals surface area contributed by atoms with E-state index in [1.54, 1.807) is 18.2 Å². The Morgan fingerprint density at radius 1 is 1.05 bits per heavy atom. The maximum Gasteiger partial charge on any atom is 0.336 e. The second-order valence-corrected chi connectivity index (χ2v) is 5.33. The van der Waals surface area contributed by atoms with Crippen LogP contribution in [-0.2, 0) is 0 Å². The van der Waals surface area contributed by atoms with Crippen molar-refractivity contribution in [3.05, 3.63) is 69.0 Å². The molecule has 1 aromatic heterocycles. The minimum absolute atomic E-state index is 0.0916. The quantitative estimate of drug-likeness (QED) is 0.564. The Morgan fingerprint density at radius 2 is 1.76 bits per heavy atom. The van der Waals surface area contributed by atoms with Gasteiger partial charge in [-0.2, -0.15) is 0 Å². The van der Waals surface area contributed by atoms with Gasteiger partial charge in [-0.05, 0) is 36.4 Å². The molecule has 0 aliphatic carbocycles. The van der Waals surface area contributed by atoms with Gasteiger partial charge in [0.25, 0.3) is 0 Å². The van der Waals surface area contributed by atoms with E-state index < -0.39 is 5.63 Å². The molecule has 0 unspecified atom stereocenters. The fraction of sp³-hybridized carbons (Fsp3) is 0. The third kappa shape index (κ3) is 2.87. The number of aromatic hydroxyl groups is 1. The topological polar surface area (TPSA) is 62.8 Å². The smallest absolute Gasteiger partial charge is 0.336 e. The normalized spacial score (nSPS) is 11.3. The van der Waals surface area contributed by atoms with Crippen molar-refractivity contribution >= 4 is 38.8 Å². The van der Waals surface area contributed by atoms with E-state index in [4.69, 9.17) is 4.42 Å². The second kappa shape index (κ2) is 5.54. The molecule has 2 aromatic carbocycles. The number of phenols is 1. The van der Waals surface area contributed by atoms with Gasteiger partial charge in [-0.15, -0.1) is 0 Å². The van der Waals surface area contributed by atoms with Gasteiger partial charge in [-0.3, -0.25) is 4.99 Å². The van der Waals surface area contributed by atoms with Crippen molar-refractivity contribution in [3.63, 3.8) is 0 Å². The molecular formula is C16H10BrNO3. The third-order valence-electron chi connectivity index (χ3n) is 2.97. The molecule has 104 valence electrons. The summed E-state index contributed by atoms with van der Waals surface area (Å²) in [6.07, 6.45) is 1.53. The van der Waals surface area contributed by atoms with E-state index in [1.807, 2.05) is 24.3 Å². The summed E-state index contributed by atoms with van der Waals surface area (Å²) in [4.78, 5) is 15.5. The molecule has 3 aromatic rings. The average Bonchev–Trinajstić information content (AvgIpc) is 2.49. The van der Waals surface area contributed by atoms with Crippen molar-refractivity contribution in [2.24, 2.45) is 4.99 Å². The fourth-order valence-corrected chi connectivity index (χ4v) is 2.17. The molecule has 1 N–H and O–H groups in total. The van der Waals surface area contributed by atoms with Crippen molar-refractivity contribution < 1.29 is 9.52 Å². The van der Waals surface area contributed by atoms with E-state index in [2.05, 4.69) is 20.9 Å². The Balaban J connectivity index is 2.02. The zero-order valence-corrected chi connectivity index (χ0v) is 12.4. The van der Waals surface area contributed by atoms with Gasteiger partial charge in [-0.25, -0.2) is 4.79 Å². The van der Waals surface area contributed by atoms with Gasteiger partial charge in [0.1, 0.15) is 0 Å². The average molecular weight is 344 g/mol. The van der Waals surface area contributed by atoms with E-state index in [1.165, 1.54) is 12.3 Å². The van der Waals surface area contributed by atoms with Crippen LogP contribution in [0.1, 0.15) is 5.56 Å². The van der Waals surface area contributed by atoms with Crippen molar-refractivity contribution in [2.75, 3.05) is 0 Å². The van der Waals surface area contributed by atoms with Crippen LogP contribution in [0.5, 0.6) is 5.75 Å². The SMILES string of the molecule is O=c1ccc2ccc(C=Nc3ccc(Br)cc3)c(O)c2o1. The number of hydrogen-bond acceptors (Lipinski definition) is 4. The molecule has 0 fully saturated rings. The zero-order valence-electron chi connectivity index (χ0n) is 10.8. The monoisotopic (exact) mass is 343 g/mol. The molecule has 1 heterocycles. The summed E-state index contributed by atoms with van der Waals surface area (Å²) >= 11 is 3.35. The number of halogens is 1. The predicted octanol–water partition coefficient (Wildman–Crippen LogP) is 4.01. The first-order valence-electron chi connectivity index (χ1n) is 6.19. The number of hydrogen-bond donors (Lipinski definition) is 1. The molecule has 0 saturated carbocycles. The predicted molar refractivity (Wildman–Crippen MR) is 85.5 cm³/mol. The van der Waals surface area contributed by atoms with Crippen LogP contribution >= 0.6 is 15.9 Å². The van der Waals surface area contributed by atoms with Gasteiger partial charge >= 0.3 is 5.63 Å². The number of fused-ring (bicyclic) bond motifs is 1. The standard InChI is InChI=1S/C16H10BrNO3/c17-12-4-6-13(7-5-12)18-9-11-2-1-10-3-8-14(19)21-16(10)15(11)20/h1-9,20H. The highest BCUT2D eigenvalue weighted by atomic mass is 79.9. The molecule has 0 spiro atoms. The second-order valence-electron chi connectivity index (χ2n) is 4.41. The van der Waals surface area contributed by atoms with Crippen molar-refractivity contribution in [2.45, 2.75) is 0 Å². The Labute approximate surface area is 128 Å². The van der Waals surface area contributed by atoms with Crippen LogP contribution < -0.4 is 5.63 Å². The summed E-state index contributed by atoms with van der Waals surface area (Å²) in [5.41, 5.74) is 0.911. The van der Waals surface area contributed by atoms with Gasteiger partial charge in [0.15, 0.2) is 11.3 Å². The Bertz CT molecular complexity index is 882. The maximum absolute atomic E-state index is 11.2. The largest absolute Gasteiger partial charge is 0.504 e. The summed E-state index contributed by atoms with van der Waals surface area (Å²) < 4.78 is 6.00. The van der Waals surface area contributed by atoms with Crippen LogP contribution in [-0.4, -0.2) is 11.3 Å². The minimum Gasteiger partial charge on any atom is -0.504 e. The van der Waals surface area contributed by atoms with Crippen molar-refractivity contribution in [1.82, 2.24) is 0 Å². The Morgan fingerprint density at radius 3 is 2.52 bits per heavy atom. The van der Waals surface area contributed by atoms with Crippen molar-refractivity contribution in [1.29, 1.82) is 0 Å². The lowest BCUT2D eigenvalue weighted by atomic mass is 10.1. The number of nitrogens with zero attached hydrogens (tertiary/aromatic N) is 1. The molecule has 0 radical (unpaired) electrons. The number of benzene rings is 2. The summed E-state index contributed by atoms with van der Waals surface area (Å²) in [6, 6.07) is 13.9. The molecule has 0 bridgehead atoms. The summed E-state index contributed by atoms with van der Waals surface area (Å²) in [5.74, 6) is -0.0916. The lowest BCUT2D eigenvalue weighted by Crippen LogP contribution is -1.95. The maximum atomic E-state index is 11.2. The van der Waals surface area contributed by atoms with Gasteiger partial charge in [-0.1, -0.05) is 22.0 Å². The highest BCUT2D eigenvalue weighted by Gasteiger charge is 2.07. The first-order valence-corrected chi connectivity index (χ1v) is 6.98. The lowest BCUT2D eigenvalue weighted by Gasteiger charge is -2.02. The van der Waals surface area contributed by atoms with Gasteiger partial charge in [0.2, 0.25) is 0 Å². The number of aliphatic imine (C=N–C) groups is 1.